The van der Waals surface area contributed by atoms with Crippen LogP contribution in [0.5, 0.6) is 0 Å². The standard InChI is InChI=1S/C15H12ClN5O5S2/c16-10-7-11-12(6-9(10)13(22)17-8-4-2-1-3-5-8)28(25,26)21-15(27-11)19-18-14(23)20-24/h1-7,24H,(H,17,22)(H,19,21)(H2,18,20,23). The van der Waals surface area contributed by atoms with Crippen molar-refractivity contribution in [1.29, 1.82) is 0 Å². The number of sulfonamides is 1. The number of para-hydroxylation sites is 1. The van der Waals surface area contributed by atoms with E-state index in [0.29, 0.717) is 5.69 Å². The van der Waals surface area contributed by atoms with Crippen LogP contribution in [0.3, 0.4) is 0 Å². The summed E-state index contributed by atoms with van der Waals surface area (Å²) in [4.78, 5) is 23.5. The summed E-state index contributed by atoms with van der Waals surface area (Å²) < 4.78 is 28.4. The number of fused-ring (bicyclic) bond motifs is 1. The van der Waals surface area contributed by atoms with Crippen LogP contribution < -0.4 is 21.6 Å². The van der Waals surface area contributed by atoms with Crippen molar-refractivity contribution < 1.29 is 23.2 Å². The van der Waals surface area contributed by atoms with E-state index in [0.717, 1.165) is 17.8 Å². The summed E-state index contributed by atoms with van der Waals surface area (Å²) in [6, 6.07) is 10.1. The molecule has 1 heterocycles. The molecule has 28 heavy (non-hydrogen) atoms. The van der Waals surface area contributed by atoms with Gasteiger partial charge in [-0.2, -0.15) is 8.42 Å². The molecule has 2 aromatic carbocycles. The molecule has 0 bridgehead atoms. The molecule has 2 aromatic rings. The molecule has 3 rings (SSSR count). The average Bonchev–Trinajstić information content (AvgIpc) is 2.65. The van der Waals surface area contributed by atoms with Gasteiger partial charge in [-0.05, 0) is 36.0 Å². The average molecular weight is 442 g/mol. The second-order valence-corrected chi connectivity index (χ2v) is 8.27. The normalized spacial score (nSPS) is 14.3. The number of rotatable bonds is 2. The summed E-state index contributed by atoms with van der Waals surface area (Å²) in [6.07, 6.45) is 0. The highest BCUT2D eigenvalue weighted by molar-refractivity contribution is 8.15. The number of anilines is 1. The van der Waals surface area contributed by atoms with Crippen molar-refractivity contribution in [2.45, 2.75) is 9.79 Å². The fourth-order valence-corrected chi connectivity index (χ4v) is 4.97. The Morgan fingerprint density at radius 3 is 2.54 bits per heavy atom. The number of hydroxylamine groups is 1. The summed E-state index contributed by atoms with van der Waals surface area (Å²) in [6.45, 7) is 0. The van der Waals surface area contributed by atoms with Crippen LogP contribution in [0.1, 0.15) is 10.4 Å². The summed E-state index contributed by atoms with van der Waals surface area (Å²) in [5, 5.41) is 10.9. The first-order valence-corrected chi connectivity index (χ1v) is 10.1. The van der Waals surface area contributed by atoms with E-state index in [1.165, 1.54) is 11.5 Å². The predicted molar refractivity (Wildman–Crippen MR) is 103 cm³/mol. The van der Waals surface area contributed by atoms with Gasteiger partial charge in [0.1, 0.15) is 4.90 Å². The zero-order valence-corrected chi connectivity index (χ0v) is 16.2. The minimum Gasteiger partial charge on any atom is -0.322 e. The van der Waals surface area contributed by atoms with Gasteiger partial charge in [0, 0.05) is 10.6 Å². The Morgan fingerprint density at radius 2 is 1.86 bits per heavy atom. The molecule has 0 atom stereocenters. The van der Waals surface area contributed by atoms with Crippen LogP contribution in [0, 0.1) is 0 Å². The SMILES string of the molecule is O=C(NO)NNC1=NS(=O)(=O)c2cc(C(=O)Nc3ccccc3)c(Cl)cc2S1. The van der Waals surface area contributed by atoms with Gasteiger partial charge in [0.05, 0.1) is 10.6 Å². The van der Waals surface area contributed by atoms with Crippen LogP contribution in [-0.4, -0.2) is 30.7 Å². The fourth-order valence-electron chi connectivity index (χ4n) is 2.18. The maximum absolute atomic E-state index is 12.5. The molecule has 0 fully saturated rings. The van der Waals surface area contributed by atoms with E-state index in [9.17, 15) is 18.0 Å². The highest BCUT2D eigenvalue weighted by Gasteiger charge is 2.29. The lowest BCUT2D eigenvalue weighted by molar-refractivity contribution is 0.102. The first-order chi connectivity index (χ1) is 13.3. The quantitative estimate of drug-likeness (QED) is 0.353. The molecular formula is C15H12ClN5O5S2. The number of hydrogen-bond acceptors (Lipinski definition) is 7. The zero-order valence-electron chi connectivity index (χ0n) is 13.8. The van der Waals surface area contributed by atoms with Gasteiger partial charge in [-0.1, -0.05) is 29.8 Å². The molecule has 0 aliphatic carbocycles. The van der Waals surface area contributed by atoms with Crippen molar-refractivity contribution >= 4 is 56.2 Å². The molecule has 3 amide bonds. The van der Waals surface area contributed by atoms with Crippen molar-refractivity contribution in [3.05, 3.63) is 53.1 Å². The highest BCUT2D eigenvalue weighted by Crippen LogP contribution is 2.37. The number of carbonyl (C=O) groups excluding carboxylic acids is 2. The first-order valence-electron chi connectivity index (χ1n) is 7.49. The maximum Gasteiger partial charge on any atom is 0.357 e. The van der Waals surface area contributed by atoms with E-state index in [1.807, 2.05) is 5.43 Å². The number of hydrazine groups is 1. The first kappa shape index (κ1) is 19.9. The Hall–Kier alpha value is -2.80. The largest absolute Gasteiger partial charge is 0.357 e. The minimum absolute atomic E-state index is 0.0298. The van der Waals surface area contributed by atoms with E-state index in [-0.39, 0.29) is 25.5 Å². The maximum atomic E-state index is 12.5. The highest BCUT2D eigenvalue weighted by atomic mass is 35.5. The third kappa shape index (κ3) is 4.36. The minimum atomic E-state index is -4.16. The van der Waals surface area contributed by atoms with E-state index >= 15 is 0 Å². The molecule has 146 valence electrons. The van der Waals surface area contributed by atoms with Gasteiger partial charge in [0.25, 0.3) is 15.9 Å². The third-order valence-corrected chi connectivity index (χ3v) is 6.20. The molecule has 0 aromatic heterocycles. The molecule has 10 nitrogen and oxygen atoms in total. The van der Waals surface area contributed by atoms with Gasteiger partial charge in [0.15, 0.2) is 5.17 Å². The molecule has 1 aliphatic rings. The number of benzene rings is 2. The summed E-state index contributed by atoms with van der Waals surface area (Å²) in [5.74, 6) is -0.576. The molecule has 0 saturated heterocycles. The van der Waals surface area contributed by atoms with Gasteiger partial charge in [-0.15, -0.1) is 4.40 Å². The molecule has 5 N–H and O–H groups in total. The third-order valence-electron chi connectivity index (χ3n) is 3.38. The molecule has 1 aliphatic heterocycles. The molecule has 13 heteroatoms. The number of thioether (sulfide) groups is 1. The number of halogens is 1. The summed E-state index contributed by atoms with van der Waals surface area (Å²) >= 11 is 7.04. The van der Waals surface area contributed by atoms with Gasteiger partial charge >= 0.3 is 6.03 Å². The predicted octanol–water partition coefficient (Wildman–Crippen LogP) is 1.94. The molecule has 0 unspecified atom stereocenters. The Balaban J connectivity index is 1.88. The number of carbonyl (C=O) groups is 2. The second-order valence-electron chi connectivity index (χ2n) is 5.26. The van der Waals surface area contributed by atoms with Crippen LogP contribution in [0.2, 0.25) is 5.02 Å². The number of hydrogen-bond donors (Lipinski definition) is 5. The molecular weight excluding hydrogens is 430 g/mol. The topological polar surface area (TPSA) is 149 Å². The number of urea groups is 1. The van der Waals surface area contributed by atoms with Crippen LogP contribution in [0.4, 0.5) is 10.5 Å². The lowest BCUT2D eigenvalue weighted by atomic mass is 10.2. The van der Waals surface area contributed by atoms with E-state index in [2.05, 4.69) is 15.1 Å². The smallest absolute Gasteiger partial charge is 0.322 e. The Morgan fingerprint density at radius 1 is 1.14 bits per heavy atom. The zero-order chi connectivity index (χ0) is 20.3. The Labute approximate surface area is 168 Å². The van der Waals surface area contributed by atoms with Crippen molar-refractivity contribution in [3.63, 3.8) is 0 Å². The number of nitrogens with one attached hydrogen (secondary N) is 4. The lowest BCUT2D eigenvalue weighted by Crippen LogP contribution is -2.45. The van der Waals surface area contributed by atoms with Crippen LogP contribution in [-0.2, 0) is 10.0 Å². The van der Waals surface area contributed by atoms with Crippen LogP contribution in [0.25, 0.3) is 0 Å². The molecule has 0 saturated carbocycles. The van der Waals surface area contributed by atoms with Crippen molar-refractivity contribution in [3.8, 4) is 0 Å². The van der Waals surface area contributed by atoms with Crippen LogP contribution in [0.15, 0.2) is 56.7 Å². The van der Waals surface area contributed by atoms with Gasteiger partial charge in [0.2, 0.25) is 0 Å². The Bertz CT molecular complexity index is 1080. The van der Waals surface area contributed by atoms with Gasteiger partial charge in [-0.25, -0.2) is 15.7 Å². The van der Waals surface area contributed by atoms with Crippen molar-refractivity contribution in [1.82, 2.24) is 16.3 Å². The summed E-state index contributed by atoms with van der Waals surface area (Å²) in [7, 11) is -4.16. The Kier molecular flexibility index (Phi) is 5.74. The van der Waals surface area contributed by atoms with E-state index in [1.54, 1.807) is 30.3 Å². The lowest BCUT2D eigenvalue weighted by Gasteiger charge is -2.18. The van der Waals surface area contributed by atoms with Gasteiger partial charge < -0.3 is 5.32 Å². The number of amidine groups is 1. The molecule has 0 spiro atoms. The van der Waals surface area contributed by atoms with Crippen molar-refractivity contribution in [2.24, 2.45) is 4.40 Å². The number of nitrogens with zero attached hydrogens (tertiary/aromatic N) is 1. The van der Waals surface area contributed by atoms with Crippen molar-refractivity contribution in [2.75, 3.05) is 5.32 Å². The monoisotopic (exact) mass is 441 g/mol. The number of amides is 3. The fraction of sp³-hybridized carbons (Fsp3) is 0. The van der Waals surface area contributed by atoms with E-state index < -0.39 is 22.0 Å². The van der Waals surface area contributed by atoms with Crippen LogP contribution >= 0.6 is 23.4 Å². The van der Waals surface area contributed by atoms with E-state index in [4.69, 9.17) is 16.8 Å². The summed E-state index contributed by atoms with van der Waals surface area (Å²) in [5.41, 5.74) is 6.02. The molecule has 0 radical (unpaired) electrons. The van der Waals surface area contributed by atoms with Gasteiger partial charge in [-0.3, -0.25) is 15.4 Å². The second kappa shape index (κ2) is 8.06.